The van der Waals surface area contributed by atoms with Gasteiger partial charge in [0.1, 0.15) is 5.76 Å². The van der Waals surface area contributed by atoms with Crippen molar-refractivity contribution in [3.8, 4) is 0 Å². The zero-order chi connectivity index (χ0) is 10.7. The highest BCUT2D eigenvalue weighted by atomic mass is 32.2. The van der Waals surface area contributed by atoms with Gasteiger partial charge >= 0.3 is 0 Å². The van der Waals surface area contributed by atoms with Crippen LogP contribution in [0.4, 0.5) is 0 Å². The third-order valence-electron chi connectivity index (χ3n) is 2.61. The van der Waals surface area contributed by atoms with Crippen molar-refractivity contribution in [2.45, 2.75) is 29.9 Å². The molecule has 0 spiro atoms. The van der Waals surface area contributed by atoms with Crippen molar-refractivity contribution in [1.82, 2.24) is 0 Å². The first-order valence-corrected chi connectivity index (χ1v) is 7.31. The average Bonchev–Trinajstić information content (AvgIpc) is 2.71. The van der Waals surface area contributed by atoms with E-state index in [1.165, 1.54) is 5.75 Å². The van der Waals surface area contributed by atoms with Crippen molar-refractivity contribution in [3.05, 3.63) is 24.2 Å². The van der Waals surface area contributed by atoms with Crippen molar-refractivity contribution in [3.63, 3.8) is 0 Å². The van der Waals surface area contributed by atoms with Gasteiger partial charge in [-0.25, -0.2) is 0 Å². The molecule has 4 heteroatoms. The van der Waals surface area contributed by atoms with E-state index in [9.17, 15) is 5.11 Å². The molecule has 2 nitrogen and oxygen atoms in total. The van der Waals surface area contributed by atoms with E-state index in [2.05, 4.69) is 6.92 Å². The molecule has 0 bridgehead atoms. The molecule has 0 aromatic carbocycles. The highest BCUT2D eigenvalue weighted by Crippen LogP contribution is 2.33. The fourth-order valence-electron chi connectivity index (χ4n) is 1.82. The minimum absolute atomic E-state index is 0.288. The van der Waals surface area contributed by atoms with Crippen molar-refractivity contribution >= 4 is 23.5 Å². The largest absolute Gasteiger partial charge is 0.469 e. The summed E-state index contributed by atoms with van der Waals surface area (Å²) in [5.41, 5.74) is 0. The first-order chi connectivity index (χ1) is 7.27. The second-order valence-electron chi connectivity index (χ2n) is 3.76. The van der Waals surface area contributed by atoms with Gasteiger partial charge < -0.3 is 9.52 Å². The summed E-state index contributed by atoms with van der Waals surface area (Å²) < 4.78 is 5.25. The summed E-state index contributed by atoms with van der Waals surface area (Å²) in [4.78, 5) is 0. The Kier molecular flexibility index (Phi) is 4.05. The summed E-state index contributed by atoms with van der Waals surface area (Å²) in [5, 5.41) is 11.0. The van der Waals surface area contributed by atoms with E-state index < -0.39 is 0 Å². The van der Waals surface area contributed by atoms with E-state index in [1.807, 2.05) is 35.7 Å². The Morgan fingerprint density at radius 3 is 3.00 bits per heavy atom. The number of aliphatic hydroxyl groups is 1. The van der Waals surface area contributed by atoms with E-state index in [0.717, 1.165) is 11.5 Å². The predicted molar refractivity (Wildman–Crippen MR) is 66.6 cm³/mol. The van der Waals surface area contributed by atoms with Crippen LogP contribution >= 0.6 is 23.5 Å². The van der Waals surface area contributed by atoms with Gasteiger partial charge in [-0.1, -0.05) is 6.92 Å². The fraction of sp³-hybridized carbons (Fsp3) is 0.636. The first kappa shape index (κ1) is 11.4. The third kappa shape index (κ3) is 2.95. The zero-order valence-corrected chi connectivity index (χ0v) is 10.4. The molecule has 2 heterocycles. The van der Waals surface area contributed by atoms with E-state index in [0.29, 0.717) is 16.9 Å². The van der Waals surface area contributed by atoms with Gasteiger partial charge in [-0.05, 0) is 12.1 Å². The highest BCUT2D eigenvalue weighted by molar-refractivity contribution is 8.07. The molecular weight excluding hydrogens is 228 g/mol. The van der Waals surface area contributed by atoms with Gasteiger partial charge in [0.05, 0.1) is 12.4 Å². The van der Waals surface area contributed by atoms with Gasteiger partial charge in [0.25, 0.3) is 0 Å². The number of rotatable bonds is 3. The van der Waals surface area contributed by atoms with Crippen LogP contribution in [0.1, 0.15) is 12.7 Å². The molecule has 1 saturated heterocycles. The lowest BCUT2D eigenvalue weighted by Gasteiger charge is -2.31. The van der Waals surface area contributed by atoms with Crippen LogP contribution in [-0.4, -0.2) is 33.2 Å². The van der Waals surface area contributed by atoms with Gasteiger partial charge in [-0.2, -0.15) is 23.5 Å². The van der Waals surface area contributed by atoms with Crippen LogP contribution in [0, 0.1) is 0 Å². The Labute approximate surface area is 98.8 Å². The fourth-order valence-corrected chi connectivity index (χ4v) is 4.67. The van der Waals surface area contributed by atoms with E-state index in [-0.39, 0.29) is 6.10 Å². The lowest BCUT2D eigenvalue weighted by atomic mass is 10.1. The van der Waals surface area contributed by atoms with E-state index in [1.54, 1.807) is 6.26 Å². The Morgan fingerprint density at radius 2 is 2.33 bits per heavy atom. The quantitative estimate of drug-likeness (QED) is 0.885. The molecule has 3 unspecified atom stereocenters. The standard InChI is InChI=1S/C11H16O2S2/c1-8-11(15-6-5-14-8)10(12)7-9-3-2-4-13-9/h2-4,8,10-12H,5-7H2,1H3. The molecule has 1 aliphatic heterocycles. The number of thioether (sulfide) groups is 2. The van der Waals surface area contributed by atoms with Crippen LogP contribution in [0.5, 0.6) is 0 Å². The minimum atomic E-state index is -0.288. The molecule has 0 aliphatic carbocycles. The molecule has 2 rings (SSSR count). The molecule has 0 radical (unpaired) electrons. The molecule has 0 amide bonds. The predicted octanol–water partition coefficient (Wildman–Crippen LogP) is 2.42. The Balaban J connectivity index is 1.91. The first-order valence-electron chi connectivity index (χ1n) is 5.21. The summed E-state index contributed by atoms with van der Waals surface area (Å²) in [7, 11) is 0. The second kappa shape index (κ2) is 5.32. The summed E-state index contributed by atoms with van der Waals surface area (Å²) >= 11 is 3.84. The third-order valence-corrected chi connectivity index (χ3v) is 5.84. The SMILES string of the molecule is CC1SCCSC1C(O)Cc1ccco1. The Bertz CT molecular complexity index is 287. The van der Waals surface area contributed by atoms with Crippen LogP contribution in [-0.2, 0) is 6.42 Å². The Morgan fingerprint density at radius 1 is 1.53 bits per heavy atom. The lowest BCUT2D eigenvalue weighted by Crippen LogP contribution is -2.35. The van der Waals surface area contributed by atoms with Gasteiger partial charge in [-0.3, -0.25) is 0 Å². The molecule has 1 fully saturated rings. The van der Waals surface area contributed by atoms with Crippen molar-refractivity contribution in [1.29, 1.82) is 0 Å². The van der Waals surface area contributed by atoms with Crippen molar-refractivity contribution < 1.29 is 9.52 Å². The summed E-state index contributed by atoms with van der Waals surface area (Å²) in [6, 6.07) is 3.79. The van der Waals surface area contributed by atoms with Crippen LogP contribution < -0.4 is 0 Å². The normalized spacial score (nSPS) is 28.9. The summed E-state index contributed by atoms with van der Waals surface area (Å²) in [5.74, 6) is 3.23. The van der Waals surface area contributed by atoms with E-state index in [4.69, 9.17) is 4.42 Å². The van der Waals surface area contributed by atoms with Crippen LogP contribution in [0.2, 0.25) is 0 Å². The molecule has 84 valence electrons. The maximum atomic E-state index is 10.1. The van der Waals surface area contributed by atoms with Gasteiger partial charge in [0.15, 0.2) is 0 Å². The Hall–Kier alpha value is -0.0600. The van der Waals surface area contributed by atoms with Crippen LogP contribution in [0.15, 0.2) is 22.8 Å². The van der Waals surface area contributed by atoms with Crippen molar-refractivity contribution in [2.24, 2.45) is 0 Å². The molecule has 1 N–H and O–H groups in total. The molecular formula is C11H16O2S2. The minimum Gasteiger partial charge on any atom is -0.469 e. The highest BCUT2D eigenvalue weighted by Gasteiger charge is 2.29. The summed E-state index contributed by atoms with van der Waals surface area (Å²) in [6.45, 7) is 2.20. The van der Waals surface area contributed by atoms with Crippen LogP contribution in [0.3, 0.4) is 0 Å². The van der Waals surface area contributed by atoms with E-state index >= 15 is 0 Å². The number of hydrogen-bond acceptors (Lipinski definition) is 4. The lowest BCUT2D eigenvalue weighted by molar-refractivity contribution is 0.164. The molecule has 1 aromatic heterocycles. The molecule has 15 heavy (non-hydrogen) atoms. The number of aliphatic hydroxyl groups excluding tert-OH is 1. The topological polar surface area (TPSA) is 33.4 Å². The molecule has 3 atom stereocenters. The molecule has 0 saturated carbocycles. The number of hydrogen-bond donors (Lipinski definition) is 1. The maximum absolute atomic E-state index is 10.1. The zero-order valence-electron chi connectivity index (χ0n) is 8.76. The van der Waals surface area contributed by atoms with Gasteiger partial charge in [0.2, 0.25) is 0 Å². The van der Waals surface area contributed by atoms with Crippen LogP contribution in [0.25, 0.3) is 0 Å². The number of furan rings is 1. The smallest absolute Gasteiger partial charge is 0.106 e. The molecule has 1 aromatic rings. The maximum Gasteiger partial charge on any atom is 0.106 e. The average molecular weight is 244 g/mol. The second-order valence-corrected chi connectivity index (χ2v) is 6.53. The van der Waals surface area contributed by atoms with Crippen molar-refractivity contribution in [2.75, 3.05) is 11.5 Å². The summed E-state index contributed by atoms with van der Waals surface area (Å²) in [6.07, 6.45) is 2.01. The van der Waals surface area contributed by atoms with Gasteiger partial charge in [-0.15, -0.1) is 0 Å². The monoisotopic (exact) mass is 244 g/mol. The van der Waals surface area contributed by atoms with Gasteiger partial charge in [0, 0.05) is 28.4 Å². The molecule has 1 aliphatic rings.